The van der Waals surface area contributed by atoms with E-state index in [9.17, 15) is 9.59 Å². The van der Waals surface area contributed by atoms with Gasteiger partial charge in [0.1, 0.15) is 0 Å². The Kier molecular flexibility index (Phi) is 6.55. The zero-order valence-electron chi connectivity index (χ0n) is 13.9. The lowest BCUT2D eigenvalue weighted by Gasteiger charge is -2.10. The van der Waals surface area contributed by atoms with Crippen molar-refractivity contribution >= 4 is 17.6 Å². The molecule has 0 saturated heterocycles. The van der Waals surface area contributed by atoms with Crippen molar-refractivity contribution < 1.29 is 14.7 Å². The van der Waals surface area contributed by atoms with Crippen LogP contribution >= 0.6 is 0 Å². The Morgan fingerprint density at radius 2 is 1.62 bits per heavy atom. The van der Waals surface area contributed by atoms with Gasteiger partial charge in [0.05, 0.1) is 12.8 Å². The molecule has 0 radical (unpaired) electrons. The smallest absolute Gasteiger partial charge is 0.307 e. The summed E-state index contributed by atoms with van der Waals surface area (Å²) in [6.45, 7) is 2.17. The molecule has 1 amide bonds. The van der Waals surface area contributed by atoms with Gasteiger partial charge in [-0.3, -0.25) is 9.59 Å². The Labute approximate surface area is 142 Å². The van der Waals surface area contributed by atoms with Crippen LogP contribution in [-0.4, -0.2) is 17.0 Å². The number of carboxylic acid groups (broad SMARTS) is 1. The first-order chi connectivity index (χ1) is 11.6. The summed E-state index contributed by atoms with van der Waals surface area (Å²) in [6, 6.07) is 15.1. The Morgan fingerprint density at radius 1 is 0.958 bits per heavy atom. The van der Waals surface area contributed by atoms with Crippen LogP contribution in [0.1, 0.15) is 36.5 Å². The summed E-state index contributed by atoms with van der Waals surface area (Å²) in [6.07, 6.45) is 3.56. The van der Waals surface area contributed by atoms with E-state index >= 15 is 0 Å². The lowest BCUT2D eigenvalue weighted by molar-refractivity contribution is -0.136. The predicted molar refractivity (Wildman–Crippen MR) is 95.2 cm³/mol. The SMILES string of the molecule is CCCCc1ccc(CC(=O)Nc2ccccc2CC(=O)O)cc1. The highest BCUT2D eigenvalue weighted by molar-refractivity contribution is 5.93. The van der Waals surface area contributed by atoms with Crippen molar-refractivity contribution in [3.05, 3.63) is 65.2 Å². The summed E-state index contributed by atoms with van der Waals surface area (Å²) in [7, 11) is 0. The average Bonchev–Trinajstić information content (AvgIpc) is 2.55. The van der Waals surface area contributed by atoms with Gasteiger partial charge in [0.2, 0.25) is 5.91 Å². The lowest BCUT2D eigenvalue weighted by Crippen LogP contribution is -2.16. The molecule has 2 N–H and O–H groups in total. The third-order valence-electron chi connectivity index (χ3n) is 3.84. The topological polar surface area (TPSA) is 66.4 Å². The Balaban J connectivity index is 1.97. The molecule has 126 valence electrons. The fourth-order valence-corrected chi connectivity index (χ4v) is 2.54. The standard InChI is InChI=1S/C20H23NO3/c1-2-3-6-15-9-11-16(12-10-15)13-19(22)21-18-8-5-4-7-17(18)14-20(23)24/h4-5,7-12H,2-3,6,13-14H2,1H3,(H,21,22)(H,23,24). The number of benzene rings is 2. The maximum absolute atomic E-state index is 12.2. The van der Waals surface area contributed by atoms with Crippen LogP contribution in [-0.2, 0) is 28.9 Å². The number of aryl methyl sites for hydroxylation is 1. The second kappa shape index (κ2) is 8.87. The van der Waals surface area contributed by atoms with E-state index < -0.39 is 5.97 Å². The lowest BCUT2D eigenvalue weighted by atomic mass is 10.0. The Hall–Kier alpha value is -2.62. The molecule has 2 aromatic rings. The second-order valence-electron chi connectivity index (χ2n) is 5.87. The van der Waals surface area contributed by atoms with Crippen LogP contribution in [0, 0.1) is 0 Å². The molecule has 0 heterocycles. The molecule has 0 aliphatic heterocycles. The number of aliphatic carboxylic acids is 1. The summed E-state index contributed by atoms with van der Waals surface area (Å²) in [5.41, 5.74) is 3.40. The van der Waals surface area contributed by atoms with Gasteiger partial charge < -0.3 is 10.4 Å². The monoisotopic (exact) mass is 325 g/mol. The van der Waals surface area contributed by atoms with Crippen LogP contribution < -0.4 is 5.32 Å². The minimum atomic E-state index is -0.917. The number of nitrogens with one attached hydrogen (secondary N) is 1. The van der Waals surface area contributed by atoms with Crippen LogP contribution in [0.4, 0.5) is 5.69 Å². The minimum Gasteiger partial charge on any atom is -0.481 e. The first-order valence-electron chi connectivity index (χ1n) is 8.26. The normalized spacial score (nSPS) is 10.4. The van der Waals surface area contributed by atoms with Crippen molar-refractivity contribution in [1.82, 2.24) is 0 Å². The first-order valence-corrected chi connectivity index (χ1v) is 8.26. The third kappa shape index (κ3) is 5.54. The number of hydrogen-bond donors (Lipinski definition) is 2. The molecule has 0 aliphatic carbocycles. The fourth-order valence-electron chi connectivity index (χ4n) is 2.54. The van der Waals surface area contributed by atoms with Gasteiger partial charge in [0.15, 0.2) is 0 Å². The molecule has 0 saturated carbocycles. The Bertz CT molecular complexity index is 692. The number of para-hydroxylation sites is 1. The van der Waals surface area contributed by atoms with E-state index in [4.69, 9.17) is 5.11 Å². The molecule has 0 spiro atoms. The minimum absolute atomic E-state index is 0.109. The van der Waals surface area contributed by atoms with E-state index in [-0.39, 0.29) is 18.7 Å². The molecular formula is C20H23NO3. The van der Waals surface area contributed by atoms with Gasteiger partial charge in [-0.25, -0.2) is 0 Å². The number of hydrogen-bond acceptors (Lipinski definition) is 2. The largest absolute Gasteiger partial charge is 0.481 e. The van der Waals surface area contributed by atoms with Gasteiger partial charge >= 0.3 is 5.97 Å². The summed E-state index contributed by atoms with van der Waals surface area (Å²) in [5, 5.41) is 11.7. The maximum Gasteiger partial charge on any atom is 0.307 e. The van der Waals surface area contributed by atoms with Gasteiger partial charge in [-0.2, -0.15) is 0 Å². The van der Waals surface area contributed by atoms with Gasteiger partial charge in [0.25, 0.3) is 0 Å². The predicted octanol–water partition coefficient (Wildman–Crippen LogP) is 3.84. The van der Waals surface area contributed by atoms with E-state index in [1.54, 1.807) is 24.3 Å². The van der Waals surface area contributed by atoms with Crippen LogP contribution in [0.15, 0.2) is 48.5 Å². The molecule has 0 aliphatic rings. The number of amides is 1. The van der Waals surface area contributed by atoms with Gasteiger partial charge in [-0.1, -0.05) is 55.8 Å². The highest BCUT2D eigenvalue weighted by atomic mass is 16.4. The summed E-state index contributed by atoms with van der Waals surface area (Å²) < 4.78 is 0. The zero-order valence-corrected chi connectivity index (χ0v) is 13.9. The third-order valence-corrected chi connectivity index (χ3v) is 3.84. The highest BCUT2D eigenvalue weighted by Gasteiger charge is 2.10. The number of carbonyl (C=O) groups excluding carboxylic acids is 1. The second-order valence-corrected chi connectivity index (χ2v) is 5.87. The van der Waals surface area contributed by atoms with E-state index in [1.807, 2.05) is 12.1 Å². The molecule has 24 heavy (non-hydrogen) atoms. The van der Waals surface area contributed by atoms with E-state index in [2.05, 4.69) is 24.4 Å². The van der Waals surface area contributed by atoms with E-state index in [0.29, 0.717) is 11.3 Å². The van der Waals surface area contributed by atoms with Crippen LogP contribution in [0.3, 0.4) is 0 Å². The Morgan fingerprint density at radius 3 is 2.29 bits per heavy atom. The number of unbranched alkanes of at least 4 members (excludes halogenated alkanes) is 1. The summed E-state index contributed by atoms with van der Waals surface area (Å²) >= 11 is 0. The molecule has 0 aromatic heterocycles. The number of carboxylic acids is 1. The first kappa shape index (κ1) is 17.7. The molecule has 4 heteroatoms. The molecule has 2 rings (SSSR count). The van der Waals surface area contributed by atoms with Crippen LogP contribution in [0.2, 0.25) is 0 Å². The quantitative estimate of drug-likeness (QED) is 0.775. The number of carbonyl (C=O) groups is 2. The summed E-state index contributed by atoms with van der Waals surface area (Å²) in [5.74, 6) is -1.06. The number of anilines is 1. The number of rotatable bonds is 8. The van der Waals surface area contributed by atoms with Crippen molar-refractivity contribution in [3.63, 3.8) is 0 Å². The van der Waals surface area contributed by atoms with Crippen molar-refractivity contribution in [2.24, 2.45) is 0 Å². The van der Waals surface area contributed by atoms with E-state index in [1.165, 1.54) is 18.4 Å². The molecule has 2 aromatic carbocycles. The average molecular weight is 325 g/mol. The highest BCUT2D eigenvalue weighted by Crippen LogP contribution is 2.16. The molecule has 4 nitrogen and oxygen atoms in total. The maximum atomic E-state index is 12.2. The zero-order chi connectivity index (χ0) is 17.4. The van der Waals surface area contributed by atoms with Crippen molar-refractivity contribution in [2.75, 3.05) is 5.32 Å². The molecular weight excluding hydrogens is 302 g/mol. The van der Waals surface area contributed by atoms with Crippen LogP contribution in [0.5, 0.6) is 0 Å². The molecule has 0 atom stereocenters. The van der Waals surface area contributed by atoms with Crippen molar-refractivity contribution in [1.29, 1.82) is 0 Å². The van der Waals surface area contributed by atoms with Crippen molar-refractivity contribution in [3.8, 4) is 0 Å². The molecule has 0 fully saturated rings. The molecule has 0 bridgehead atoms. The van der Waals surface area contributed by atoms with Crippen molar-refractivity contribution in [2.45, 2.75) is 39.0 Å². The fraction of sp³-hybridized carbons (Fsp3) is 0.300. The summed E-state index contributed by atoms with van der Waals surface area (Å²) in [4.78, 5) is 23.1. The van der Waals surface area contributed by atoms with Gasteiger partial charge in [-0.15, -0.1) is 0 Å². The molecule has 0 unspecified atom stereocenters. The van der Waals surface area contributed by atoms with Gasteiger partial charge in [-0.05, 0) is 35.6 Å². The van der Waals surface area contributed by atoms with Crippen LogP contribution in [0.25, 0.3) is 0 Å². The van der Waals surface area contributed by atoms with E-state index in [0.717, 1.165) is 12.0 Å². The van der Waals surface area contributed by atoms with Gasteiger partial charge in [0, 0.05) is 5.69 Å².